The Hall–Kier alpha value is -1.66. The monoisotopic (exact) mass is 267 g/mol. The summed E-state index contributed by atoms with van der Waals surface area (Å²) >= 11 is 0. The topological polar surface area (TPSA) is 70.8 Å². The molecule has 0 bridgehead atoms. The average molecular weight is 267 g/mol. The van der Waals surface area contributed by atoms with Crippen molar-refractivity contribution in [3.05, 3.63) is 33.9 Å². The summed E-state index contributed by atoms with van der Waals surface area (Å²) in [6, 6.07) is 4.59. The van der Waals surface area contributed by atoms with Gasteiger partial charge in [-0.2, -0.15) is 0 Å². The van der Waals surface area contributed by atoms with Crippen LogP contribution in [0.5, 0.6) is 5.75 Å². The molecule has 1 aliphatic heterocycles. The molecular weight excluding hydrogens is 250 g/mol. The molecule has 1 fully saturated rings. The standard InChI is InChI=1S/C13H17NO5/c1-10-3-4-11(14(15)16)9-12(10)17-8-5-13-18-6-2-7-19-13/h3-4,9,13H,2,5-8H2,1H3. The Kier molecular flexibility index (Phi) is 4.70. The average Bonchev–Trinajstić information content (AvgIpc) is 2.42. The number of rotatable bonds is 5. The van der Waals surface area contributed by atoms with Crippen LogP contribution in [-0.4, -0.2) is 31.0 Å². The lowest BCUT2D eigenvalue weighted by molar-refractivity contribution is -0.384. The molecule has 0 aromatic heterocycles. The molecular formula is C13H17NO5. The Morgan fingerprint density at radius 3 is 2.84 bits per heavy atom. The van der Waals surface area contributed by atoms with Crippen molar-refractivity contribution in [1.82, 2.24) is 0 Å². The first kappa shape index (κ1) is 13.8. The molecule has 0 aliphatic carbocycles. The van der Waals surface area contributed by atoms with Crippen LogP contribution in [0.1, 0.15) is 18.4 Å². The number of ether oxygens (including phenoxy) is 3. The molecule has 6 nitrogen and oxygen atoms in total. The van der Waals surface area contributed by atoms with Crippen LogP contribution >= 0.6 is 0 Å². The fourth-order valence-electron chi connectivity index (χ4n) is 1.83. The van der Waals surface area contributed by atoms with Crippen molar-refractivity contribution in [3.8, 4) is 5.75 Å². The molecule has 2 rings (SSSR count). The lowest BCUT2D eigenvalue weighted by atomic mass is 10.2. The summed E-state index contributed by atoms with van der Waals surface area (Å²) in [6.07, 6.45) is 1.30. The van der Waals surface area contributed by atoms with Gasteiger partial charge in [0.1, 0.15) is 5.75 Å². The number of hydrogen-bond acceptors (Lipinski definition) is 5. The second-order valence-electron chi connectivity index (χ2n) is 4.37. The second kappa shape index (κ2) is 6.49. The molecule has 0 atom stereocenters. The third-order valence-corrected chi connectivity index (χ3v) is 2.89. The van der Waals surface area contributed by atoms with Crippen LogP contribution < -0.4 is 4.74 Å². The zero-order valence-corrected chi connectivity index (χ0v) is 10.8. The quantitative estimate of drug-likeness (QED) is 0.605. The van der Waals surface area contributed by atoms with Crippen molar-refractivity contribution in [2.75, 3.05) is 19.8 Å². The van der Waals surface area contributed by atoms with E-state index in [1.807, 2.05) is 6.92 Å². The molecule has 19 heavy (non-hydrogen) atoms. The van der Waals surface area contributed by atoms with Crippen LogP contribution in [0.15, 0.2) is 18.2 Å². The first-order valence-electron chi connectivity index (χ1n) is 6.28. The first-order valence-corrected chi connectivity index (χ1v) is 6.28. The smallest absolute Gasteiger partial charge is 0.273 e. The Balaban J connectivity index is 1.87. The van der Waals surface area contributed by atoms with Crippen molar-refractivity contribution in [1.29, 1.82) is 0 Å². The number of nitro groups is 1. The van der Waals surface area contributed by atoms with Crippen molar-refractivity contribution in [2.45, 2.75) is 26.1 Å². The van der Waals surface area contributed by atoms with Gasteiger partial charge in [0, 0.05) is 12.5 Å². The summed E-state index contributed by atoms with van der Waals surface area (Å²) in [4.78, 5) is 10.3. The molecule has 104 valence electrons. The number of hydrogen-bond donors (Lipinski definition) is 0. The molecule has 1 aromatic carbocycles. The Morgan fingerprint density at radius 2 is 2.16 bits per heavy atom. The highest BCUT2D eigenvalue weighted by molar-refractivity contribution is 5.43. The highest BCUT2D eigenvalue weighted by atomic mass is 16.7. The predicted molar refractivity (Wildman–Crippen MR) is 68.3 cm³/mol. The van der Waals surface area contributed by atoms with E-state index in [1.54, 1.807) is 6.07 Å². The van der Waals surface area contributed by atoms with Crippen molar-refractivity contribution in [2.24, 2.45) is 0 Å². The number of nitro benzene ring substituents is 1. The lowest BCUT2D eigenvalue weighted by Crippen LogP contribution is -2.26. The van der Waals surface area contributed by atoms with Crippen molar-refractivity contribution in [3.63, 3.8) is 0 Å². The molecule has 1 saturated heterocycles. The minimum atomic E-state index is -0.431. The van der Waals surface area contributed by atoms with Crippen molar-refractivity contribution < 1.29 is 19.1 Å². The van der Waals surface area contributed by atoms with Crippen LogP contribution in [0.3, 0.4) is 0 Å². The highest BCUT2D eigenvalue weighted by Crippen LogP contribution is 2.24. The molecule has 0 unspecified atom stereocenters. The van der Waals surface area contributed by atoms with Gasteiger partial charge in [0.15, 0.2) is 6.29 Å². The Bertz CT molecular complexity index is 443. The maximum Gasteiger partial charge on any atom is 0.273 e. The van der Waals surface area contributed by atoms with Crippen LogP contribution in [0.2, 0.25) is 0 Å². The van der Waals surface area contributed by atoms with Gasteiger partial charge in [-0.15, -0.1) is 0 Å². The van der Waals surface area contributed by atoms with Crippen LogP contribution in [0, 0.1) is 17.0 Å². The van der Waals surface area contributed by atoms with E-state index in [0.717, 1.165) is 12.0 Å². The van der Waals surface area contributed by atoms with E-state index in [9.17, 15) is 10.1 Å². The van der Waals surface area contributed by atoms with Gasteiger partial charge in [0.25, 0.3) is 5.69 Å². The fourth-order valence-corrected chi connectivity index (χ4v) is 1.83. The third-order valence-electron chi connectivity index (χ3n) is 2.89. The summed E-state index contributed by atoms with van der Waals surface area (Å²) in [6.45, 7) is 3.68. The van der Waals surface area contributed by atoms with Crippen molar-refractivity contribution >= 4 is 5.69 Å². The lowest BCUT2D eigenvalue weighted by Gasteiger charge is -2.23. The van der Waals surface area contributed by atoms with Gasteiger partial charge in [-0.3, -0.25) is 10.1 Å². The zero-order chi connectivity index (χ0) is 13.7. The third kappa shape index (κ3) is 3.90. The second-order valence-corrected chi connectivity index (χ2v) is 4.37. The summed E-state index contributed by atoms with van der Waals surface area (Å²) < 4.78 is 16.4. The van der Waals surface area contributed by atoms with E-state index in [-0.39, 0.29) is 12.0 Å². The molecule has 1 heterocycles. The maximum absolute atomic E-state index is 10.7. The normalized spacial score (nSPS) is 16.3. The molecule has 0 amide bonds. The van der Waals surface area contributed by atoms with Gasteiger partial charge in [-0.05, 0) is 25.0 Å². The van der Waals surface area contributed by atoms with Gasteiger partial charge in [-0.25, -0.2) is 0 Å². The predicted octanol–water partition coefficient (Wildman–Crippen LogP) is 2.44. The zero-order valence-electron chi connectivity index (χ0n) is 10.8. The molecule has 0 saturated carbocycles. The molecule has 1 aliphatic rings. The van der Waals surface area contributed by atoms with E-state index in [0.29, 0.717) is 32.0 Å². The molecule has 0 N–H and O–H groups in total. The van der Waals surface area contributed by atoms with E-state index >= 15 is 0 Å². The van der Waals surface area contributed by atoms with Gasteiger partial charge < -0.3 is 14.2 Å². The number of nitrogens with zero attached hydrogens (tertiary/aromatic N) is 1. The minimum absolute atomic E-state index is 0.0331. The summed E-state index contributed by atoms with van der Waals surface area (Å²) in [5.74, 6) is 0.532. The molecule has 0 radical (unpaired) electrons. The van der Waals surface area contributed by atoms with Crippen LogP contribution in [-0.2, 0) is 9.47 Å². The number of aryl methyl sites for hydroxylation is 1. The highest BCUT2D eigenvalue weighted by Gasteiger charge is 2.15. The van der Waals surface area contributed by atoms with Crippen LogP contribution in [0.4, 0.5) is 5.69 Å². The summed E-state index contributed by atoms with van der Waals surface area (Å²) in [5, 5.41) is 10.7. The molecule has 6 heteroatoms. The van der Waals surface area contributed by atoms with E-state index in [2.05, 4.69) is 0 Å². The van der Waals surface area contributed by atoms with Gasteiger partial charge in [0.05, 0.1) is 30.8 Å². The summed E-state index contributed by atoms with van der Waals surface area (Å²) in [5.41, 5.74) is 0.904. The number of non-ortho nitro benzene ring substituents is 1. The fraction of sp³-hybridized carbons (Fsp3) is 0.538. The van der Waals surface area contributed by atoms with E-state index in [4.69, 9.17) is 14.2 Å². The van der Waals surface area contributed by atoms with E-state index in [1.165, 1.54) is 12.1 Å². The first-order chi connectivity index (χ1) is 9.16. The molecule has 0 spiro atoms. The minimum Gasteiger partial charge on any atom is -0.493 e. The van der Waals surface area contributed by atoms with Gasteiger partial charge in [-0.1, -0.05) is 0 Å². The molecule has 1 aromatic rings. The Morgan fingerprint density at radius 1 is 1.42 bits per heavy atom. The largest absolute Gasteiger partial charge is 0.493 e. The summed E-state index contributed by atoms with van der Waals surface area (Å²) in [7, 11) is 0. The van der Waals surface area contributed by atoms with Gasteiger partial charge >= 0.3 is 0 Å². The Labute approximate surface area is 111 Å². The van der Waals surface area contributed by atoms with E-state index < -0.39 is 4.92 Å². The number of benzene rings is 1. The van der Waals surface area contributed by atoms with Crippen LogP contribution in [0.25, 0.3) is 0 Å². The SMILES string of the molecule is Cc1ccc([N+](=O)[O-])cc1OCCC1OCCCO1. The van der Waals surface area contributed by atoms with Gasteiger partial charge in [0.2, 0.25) is 0 Å². The maximum atomic E-state index is 10.7.